The van der Waals surface area contributed by atoms with E-state index in [0.29, 0.717) is 10.7 Å². The zero-order valence-electron chi connectivity index (χ0n) is 9.84. The molecule has 0 aliphatic heterocycles. The zero-order valence-corrected chi connectivity index (χ0v) is 13.1. The molecule has 0 aromatic carbocycles. The van der Waals surface area contributed by atoms with E-state index in [4.69, 9.17) is 0 Å². The van der Waals surface area contributed by atoms with Crippen LogP contribution in [0.1, 0.15) is 28.1 Å². The summed E-state index contributed by atoms with van der Waals surface area (Å²) in [6.07, 6.45) is 3.72. The molecule has 0 N–H and O–H groups in total. The Balaban J connectivity index is 1.90. The lowest BCUT2D eigenvalue weighted by molar-refractivity contribution is 0.760. The number of pyridine rings is 1. The second-order valence-corrected chi connectivity index (χ2v) is 7.32. The smallest absolute Gasteiger partial charge is 0.0555 e. The minimum absolute atomic E-state index is 0.365. The quantitative estimate of drug-likeness (QED) is 0.567. The van der Waals surface area contributed by atoms with Crippen molar-refractivity contribution in [2.75, 3.05) is 0 Å². The number of thiophene rings is 2. The van der Waals surface area contributed by atoms with Crippen LogP contribution in [0.25, 0.3) is 9.40 Å². The van der Waals surface area contributed by atoms with E-state index in [1.807, 2.05) is 35.1 Å². The topological polar surface area (TPSA) is 12.9 Å². The van der Waals surface area contributed by atoms with Crippen LogP contribution in [-0.4, -0.2) is 4.98 Å². The number of nitrogens with zero attached hydrogens (tertiary/aromatic N) is 1. The zero-order chi connectivity index (χ0) is 12.5. The first-order chi connectivity index (χ1) is 8.75. The van der Waals surface area contributed by atoms with E-state index >= 15 is 0 Å². The predicted octanol–water partition coefficient (Wildman–Crippen LogP) is 5.60. The standard InChI is InChI=1S/C14H12BrNS2/c1-9(10-2-5-16-6-3-10)14(15)13-8-12-11(18-13)4-7-17-12/h2-9,14H,1H3. The molecule has 2 atom stereocenters. The predicted molar refractivity (Wildman–Crippen MR) is 84.0 cm³/mol. The van der Waals surface area contributed by atoms with Crippen molar-refractivity contribution in [2.45, 2.75) is 17.7 Å². The third kappa shape index (κ3) is 2.25. The molecule has 3 heterocycles. The summed E-state index contributed by atoms with van der Waals surface area (Å²) in [5.41, 5.74) is 1.32. The van der Waals surface area contributed by atoms with Gasteiger partial charge in [-0.15, -0.1) is 22.7 Å². The van der Waals surface area contributed by atoms with Crippen molar-refractivity contribution in [1.29, 1.82) is 0 Å². The third-order valence-electron chi connectivity index (χ3n) is 3.10. The molecule has 2 unspecified atom stereocenters. The van der Waals surface area contributed by atoms with E-state index in [1.54, 1.807) is 0 Å². The summed E-state index contributed by atoms with van der Waals surface area (Å²) in [5, 5.41) is 2.15. The summed E-state index contributed by atoms with van der Waals surface area (Å²) in [7, 11) is 0. The molecule has 0 aliphatic carbocycles. The Kier molecular flexibility index (Phi) is 3.50. The lowest BCUT2D eigenvalue weighted by Gasteiger charge is -2.17. The van der Waals surface area contributed by atoms with Crippen LogP contribution < -0.4 is 0 Å². The minimum Gasteiger partial charge on any atom is -0.265 e. The molecular formula is C14H12BrNS2. The first-order valence-corrected chi connectivity index (χ1v) is 8.38. The van der Waals surface area contributed by atoms with Crippen LogP contribution in [0.2, 0.25) is 0 Å². The fraction of sp³-hybridized carbons (Fsp3) is 0.214. The number of hydrogen-bond acceptors (Lipinski definition) is 3. The molecule has 0 bridgehead atoms. The minimum atomic E-state index is 0.365. The largest absolute Gasteiger partial charge is 0.265 e. The van der Waals surface area contributed by atoms with Crippen molar-refractivity contribution < 1.29 is 0 Å². The van der Waals surface area contributed by atoms with Gasteiger partial charge in [0.1, 0.15) is 0 Å². The van der Waals surface area contributed by atoms with Gasteiger partial charge in [-0.1, -0.05) is 22.9 Å². The number of rotatable bonds is 3. The van der Waals surface area contributed by atoms with Gasteiger partial charge >= 0.3 is 0 Å². The molecule has 92 valence electrons. The summed E-state index contributed by atoms with van der Waals surface area (Å²) in [4.78, 5) is 5.84. The molecule has 3 aromatic rings. The second kappa shape index (κ2) is 5.11. The molecule has 3 aromatic heterocycles. The molecule has 0 saturated heterocycles. The maximum Gasteiger partial charge on any atom is 0.0555 e. The summed E-state index contributed by atoms with van der Waals surface area (Å²) in [6, 6.07) is 8.69. The highest BCUT2D eigenvalue weighted by Gasteiger charge is 2.20. The highest BCUT2D eigenvalue weighted by Crippen LogP contribution is 2.43. The molecular weight excluding hydrogens is 326 g/mol. The van der Waals surface area contributed by atoms with Crippen LogP contribution in [0.4, 0.5) is 0 Å². The highest BCUT2D eigenvalue weighted by atomic mass is 79.9. The Morgan fingerprint density at radius 3 is 2.67 bits per heavy atom. The third-order valence-corrected chi connectivity index (χ3v) is 6.87. The Bertz CT molecular complexity index is 615. The average Bonchev–Trinajstić information content (AvgIpc) is 2.99. The van der Waals surface area contributed by atoms with Gasteiger partial charge in [-0.25, -0.2) is 0 Å². The maximum absolute atomic E-state index is 4.08. The van der Waals surface area contributed by atoms with Gasteiger partial charge in [0.15, 0.2) is 0 Å². The van der Waals surface area contributed by atoms with E-state index in [9.17, 15) is 0 Å². The van der Waals surface area contributed by atoms with E-state index in [0.717, 1.165) is 0 Å². The molecule has 0 aliphatic rings. The van der Waals surface area contributed by atoms with Gasteiger partial charge in [-0.05, 0) is 41.1 Å². The van der Waals surface area contributed by atoms with Crippen molar-refractivity contribution >= 4 is 48.0 Å². The maximum atomic E-state index is 4.08. The Morgan fingerprint density at radius 1 is 1.17 bits per heavy atom. The van der Waals surface area contributed by atoms with Gasteiger partial charge < -0.3 is 0 Å². The molecule has 1 nitrogen and oxygen atoms in total. The summed E-state index contributed by atoms with van der Waals surface area (Å²) in [5.74, 6) is 0.445. The van der Waals surface area contributed by atoms with Gasteiger partial charge in [0.05, 0.1) is 4.83 Å². The highest BCUT2D eigenvalue weighted by molar-refractivity contribution is 9.09. The summed E-state index contributed by atoms with van der Waals surface area (Å²) < 4.78 is 2.78. The van der Waals surface area contributed by atoms with Gasteiger partial charge in [0.2, 0.25) is 0 Å². The van der Waals surface area contributed by atoms with E-state index < -0.39 is 0 Å². The Labute approximate surface area is 123 Å². The molecule has 0 amide bonds. The van der Waals surface area contributed by atoms with Crippen LogP contribution in [0, 0.1) is 0 Å². The lowest BCUT2D eigenvalue weighted by atomic mass is 9.98. The van der Waals surface area contributed by atoms with E-state index in [-0.39, 0.29) is 0 Å². The fourth-order valence-corrected chi connectivity index (χ4v) is 4.92. The first kappa shape index (κ1) is 12.3. The second-order valence-electron chi connectivity index (χ2n) is 4.27. The van der Waals surface area contributed by atoms with Crippen LogP contribution >= 0.6 is 38.6 Å². The molecule has 0 radical (unpaired) electrons. The van der Waals surface area contributed by atoms with Crippen LogP contribution in [0.5, 0.6) is 0 Å². The number of alkyl halides is 1. The van der Waals surface area contributed by atoms with Crippen LogP contribution in [-0.2, 0) is 0 Å². The SMILES string of the molecule is CC(c1ccncc1)C(Br)c1cc2sccc2s1. The van der Waals surface area contributed by atoms with Crippen molar-refractivity contribution in [1.82, 2.24) is 4.98 Å². The van der Waals surface area contributed by atoms with Crippen molar-refractivity contribution in [3.8, 4) is 0 Å². The Hall–Kier alpha value is -0.710. The summed E-state index contributed by atoms with van der Waals surface area (Å²) >= 11 is 7.54. The van der Waals surface area contributed by atoms with Gasteiger partial charge in [-0.2, -0.15) is 0 Å². The molecule has 0 fully saturated rings. The van der Waals surface area contributed by atoms with Crippen LogP contribution in [0.15, 0.2) is 42.0 Å². The molecule has 0 saturated carbocycles. The van der Waals surface area contributed by atoms with Crippen molar-refractivity contribution in [3.05, 3.63) is 52.5 Å². The lowest BCUT2D eigenvalue weighted by Crippen LogP contribution is -2.00. The van der Waals surface area contributed by atoms with E-state index in [1.165, 1.54) is 19.8 Å². The number of aromatic nitrogens is 1. The van der Waals surface area contributed by atoms with Crippen molar-refractivity contribution in [2.24, 2.45) is 0 Å². The molecule has 4 heteroatoms. The average molecular weight is 338 g/mol. The molecule has 0 spiro atoms. The molecule has 18 heavy (non-hydrogen) atoms. The van der Waals surface area contributed by atoms with Gasteiger partial charge in [0, 0.05) is 26.7 Å². The van der Waals surface area contributed by atoms with Crippen LogP contribution in [0.3, 0.4) is 0 Å². The monoisotopic (exact) mass is 337 g/mol. The Morgan fingerprint density at radius 2 is 1.94 bits per heavy atom. The number of halogens is 1. The first-order valence-electron chi connectivity index (χ1n) is 5.76. The number of hydrogen-bond donors (Lipinski definition) is 0. The van der Waals surface area contributed by atoms with E-state index in [2.05, 4.69) is 57.5 Å². The fourth-order valence-electron chi connectivity index (χ4n) is 2.00. The normalized spacial score (nSPS) is 14.8. The van der Waals surface area contributed by atoms with Gasteiger partial charge in [0.25, 0.3) is 0 Å². The number of fused-ring (bicyclic) bond motifs is 1. The summed E-state index contributed by atoms with van der Waals surface area (Å²) in [6.45, 7) is 2.25. The molecule has 3 rings (SSSR count). The van der Waals surface area contributed by atoms with Crippen molar-refractivity contribution in [3.63, 3.8) is 0 Å². The van der Waals surface area contributed by atoms with Gasteiger partial charge in [-0.3, -0.25) is 4.98 Å².